The molecule has 0 saturated heterocycles. The molecular formula is C19H20FN3O2. The number of aromatic nitrogens is 3. The lowest BCUT2D eigenvalue weighted by molar-refractivity contribution is 0.0524. The van der Waals surface area contributed by atoms with Crippen molar-refractivity contribution in [3.05, 3.63) is 53.1 Å². The lowest BCUT2D eigenvalue weighted by Crippen LogP contribution is -2.16. The first-order chi connectivity index (χ1) is 11.9. The summed E-state index contributed by atoms with van der Waals surface area (Å²) < 4.78 is 20.3. The van der Waals surface area contributed by atoms with Gasteiger partial charge in [-0.2, -0.15) is 5.10 Å². The van der Waals surface area contributed by atoms with Crippen LogP contribution >= 0.6 is 0 Å². The molecule has 6 heteroatoms. The van der Waals surface area contributed by atoms with Gasteiger partial charge in [0, 0.05) is 11.6 Å². The van der Waals surface area contributed by atoms with Crippen molar-refractivity contribution in [3.8, 4) is 11.3 Å². The molecule has 0 fully saturated rings. The maximum atomic E-state index is 13.4. The van der Waals surface area contributed by atoms with Gasteiger partial charge in [-0.05, 0) is 44.0 Å². The third-order valence-electron chi connectivity index (χ3n) is 3.90. The summed E-state index contributed by atoms with van der Waals surface area (Å²) in [6, 6.07) is 7.85. The maximum Gasteiger partial charge on any atom is 0.342 e. The number of fused-ring (bicyclic) bond motifs is 1. The zero-order valence-electron chi connectivity index (χ0n) is 14.7. The van der Waals surface area contributed by atoms with E-state index in [1.165, 1.54) is 12.1 Å². The molecule has 3 rings (SSSR count). The van der Waals surface area contributed by atoms with Gasteiger partial charge in [0.15, 0.2) is 5.65 Å². The van der Waals surface area contributed by atoms with Gasteiger partial charge in [0.25, 0.3) is 0 Å². The summed E-state index contributed by atoms with van der Waals surface area (Å²) in [6.45, 7) is 7.82. The lowest BCUT2D eigenvalue weighted by atomic mass is 9.98. The Morgan fingerprint density at radius 1 is 1.28 bits per heavy atom. The number of hydrogen-bond acceptors (Lipinski definition) is 4. The third kappa shape index (κ3) is 3.12. The van der Waals surface area contributed by atoms with E-state index in [2.05, 4.69) is 10.1 Å². The Kier molecular flexibility index (Phi) is 4.53. The molecule has 5 nitrogen and oxygen atoms in total. The number of esters is 1. The van der Waals surface area contributed by atoms with Crippen LogP contribution in [0.1, 0.15) is 48.4 Å². The number of benzene rings is 1. The maximum absolute atomic E-state index is 13.4. The van der Waals surface area contributed by atoms with Crippen LogP contribution in [0.2, 0.25) is 0 Å². The highest BCUT2D eigenvalue weighted by Gasteiger charge is 2.26. The van der Waals surface area contributed by atoms with Gasteiger partial charge in [-0.1, -0.05) is 13.8 Å². The summed E-state index contributed by atoms with van der Waals surface area (Å²) in [5.41, 5.74) is 3.70. The van der Waals surface area contributed by atoms with Crippen LogP contribution in [0.15, 0.2) is 30.3 Å². The number of carbonyl (C=O) groups excluding carboxylic acids is 1. The van der Waals surface area contributed by atoms with Crippen LogP contribution in [0.3, 0.4) is 0 Å². The summed E-state index contributed by atoms with van der Waals surface area (Å²) in [6.07, 6.45) is 0. The molecular weight excluding hydrogens is 321 g/mol. The van der Waals surface area contributed by atoms with E-state index >= 15 is 0 Å². The molecule has 2 aromatic heterocycles. The topological polar surface area (TPSA) is 56.5 Å². The van der Waals surface area contributed by atoms with Crippen molar-refractivity contribution < 1.29 is 13.9 Å². The van der Waals surface area contributed by atoms with Crippen LogP contribution in [0.4, 0.5) is 4.39 Å². The fraction of sp³-hybridized carbons (Fsp3) is 0.316. The van der Waals surface area contributed by atoms with E-state index in [1.807, 2.05) is 26.8 Å². The Balaban J connectivity index is 2.41. The fourth-order valence-corrected chi connectivity index (χ4v) is 2.83. The van der Waals surface area contributed by atoms with E-state index in [-0.39, 0.29) is 18.3 Å². The quantitative estimate of drug-likeness (QED) is 0.669. The zero-order chi connectivity index (χ0) is 18.1. The molecule has 0 bridgehead atoms. The largest absolute Gasteiger partial charge is 0.462 e. The predicted octanol–water partition coefficient (Wildman–Crippen LogP) is 4.14. The van der Waals surface area contributed by atoms with E-state index in [9.17, 15) is 9.18 Å². The molecule has 0 spiro atoms. The monoisotopic (exact) mass is 341 g/mol. The van der Waals surface area contributed by atoms with E-state index in [4.69, 9.17) is 4.74 Å². The van der Waals surface area contributed by atoms with Gasteiger partial charge in [-0.25, -0.2) is 18.7 Å². The number of ether oxygens (including phenoxy) is 1. The fourth-order valence-electron chi connectivity index (χ4n) is 2.83. The van der Waals surface area contributed by atoms with Gasteiger partial charge >= 0.3 is 5.97 Å². The van der Waals surface area contributed by atoms with Crippen LogP contribution in [0.5, 0.6) is 0 Å². The Hall–Kier alpha value is -2.76. The number of halogens is 1. The van der Waals surface area contributed by atoms with Gasteiger partial charge in [0.2, 0.25) is 0 Å². The van der Waals surface area contributed by atoms with Crippen molar-refractivity contribution in [2.75, 3.05) is 6.61 Å². The standard InChI is InChI=1S/C19H20FN3O2/c1-5-25-19(24)16-17(11(2)3)21-15-10-12(4)22-23(15)18(16)13-6-8-14(20)9-7-13/h6-11H,5H2,1-4H3. The van der Waals surface area contributed by atoms with Gasteiger partial charge in [-0.3, -0.25) is 0 Å². The lowest BCUT2D eigenvalue weighted by Gasteiger charge is -2.17. The van der Waals surface area contributed by atoms with Crippen LogP contribution < -0.4 is 0 Å². The zero-order valence-corrected chi connectivity index (χ0v) is 14.7. The van der Waals surface area contributed by atoms with E-state index in [1.54, 1.807) is 23.6 Å². The normalized spacial score (nSPS) is 11.3. The van der Waals surface area contributed by atoms with Crippen LogP contribution in [-0.4, -0.2) is 27.2 Å². The van der Waals surface area contributed by atoms with E-state index in [0.717, 1.165) is 5.69 Å². The van der Waals surface area contributed by atoms with Crippen molar-refractivity contribution in [3.63, 3.8) is 0 Å². The minimum absolute atomic E-state index is 0.0128. The molecule has 2 heterocycles. The first kappa shape index (κ1) is 17.1. The highest BCUT2D eigenvalue weighted by atomic mass is 19.1. The average Bonchev–Trinajstić information content (AvgIpc) is 2.94. The smallest absolute Gasteiger partial charge is 0.342 e. The van der Waals surface area contributed by atoms with Gasteiger partial charge < -0.3 is 4.74 Å². The average molecular weight is 341 g/mol. The van der Waals surface area contributed by atoms with E-state index < -0.39 is 5.97 Å². The van der Waals surface area contributed by atoms with Gasteiger partial charge in [0.1, 0.15) is 11.4 Å². The molecule has 0 atom stereocenters. The second kappa shape index (κ2) is 6.63. The first-order valence-corrected chi connectivity index (χ1v) is 8.25. The van der Waals surface area contributed by atoms with E-state index in [0.29, 0.717) is 28.2 Å². The molecule has 3 aromatic rings. The number of carbonyl (C=O) groups is 1. The Bertz CT molecular complexity index is 930. The van der Waals surface area contributed by atoms with Crippen LogP contribution in [-0.2, 0) is 4.74 Å². The summed E-state index contributed by atoms with van der Waals surface area (Å²) >= 11 is 0. The molecule has 0 amide bonds. The Morgan fingerprint density at radius 2 is 1.96 bits per heavy atom. The highest BCUT2D eigenvalue weighted by Crippen LogP contribution is 2.31. The molecule has 0 aliphatic rings. The van der Waals surface area contributed by atoms with Crippen molar-refractivity contribution in [1.82, 2.24) is 14.6 Å². The number of nitrogens with zero attached hydrogens (tertiary/aromatic N) is 3. The van der Waals surface area contributed by atoms with Crippen LogP contribution in [0.25, 0.3) is 16.9 Å². The molecule has 25 heavy (non-hydrogen) atoms. The van der Waals surface area contributed by atoms with Crippen molar-refractivity contribution in [1.29, 1.82) is 0 Å². The van der Waals surface area contributed by atoms with Crippen molar-refractivity contribution in [2.45, 2.75) is 33.6 Å². The van der Waals surface area contributed by atoms with Gasteiger partial charge in [-0.15, -0.1) is 0 Å². The predicted molar refractivity (Wildman–Crippen MR) is 93.2 cm³/mol. The molecule has 0 aliphatic heterocycles. The summed E-state index contributed by atoms with van der Waals surface area (Å²) in [4.78, 5) is 17.3. The Labute approximate surface area is 145 Å². The second-order valence-electron chi connectivity index (χ2n) is 6.16. The second-order valence-corrected chi connectivity index (χ2v) is 6.16. The first-order valence-electron chi connectivity index (χ1n) is 8.25. The third-order valence-corrected chi connectivity index (χ3v) is 3.90. The summed E-state index contributed by atoms with van der Waals surface area (Å²) in [5.74, 6) is -0.778. The molecule has 130 valence electrons. The molecule has 0 unspecified atom stereocenters. The molecule has 0 aliphatic carbocycles. The Morgan fingerprint density at radius 3 is 2.56 bits per heavy atom. The molecule has 0 saturated carbocycles. The number of rotatable bonds is 4. The van der Waals surface area contributed by atoms with Crippen molar-refractivity contribution in [2.24, 2.45) is 0 Å². The molecule has 0 radical (unpaired) electrons. The summed E-state index contributed by atoms with van der Waals surface area (Å²) in [7, 11) is 0. The summed E-state index contributed by atoms with van der Waals surface area (Å²) in [5, 5.41) is 4.47. The molecule has 0 N–H and O–H groups in total. The minimum Gasteiger partial charge on any atom is -0.462 e. The SMILES string of the molecule is CCOC(=O)c1c(C(C)C)nc2cc(C)nn2c1-c1ccc(F)cc1. The van der Waals surface area contributed by atoms with Crippen LogP contribution in [0, 0.1) is 12.7 Å². The number of hydrogen-bond donors (Lipinski definition) is 0. The van der Waals surface area contributed by atoms with Crippen molar-refractivity contribution >= 4 is 11.6 Å². The molecule has 1 aromatic carbocycles. The van der Waals surface area contributed by atoms with Gasteiger partial charge in [0.05, 0.1) is 23.7 Å². The highest BCUT2D eigenvalue weighted by molar-refractivity contribution is 5.98. The minimum atomic E-state index is -0.451. The number of aryl methyl sites for hydroxylation is 1.